The third-order valence-electron chi connectivity index (χ3n) is 6.25. The van der Waals surface area contributed by atoms with Gasteiger partial charge in [0.15, 0.2) is 0 Å². The number of hydrogen-bond acceptors (Lipinski definition) is 5. The molecule has 1 aromatic carbocycles. The number of fused-ring (bicyclic) bond motifs is 1. The van der Waals surface area contributed by atoms with E-state index in [1.54, 1.807) is 6.33 Å². The average molecular weight is 421 g/mol. The zero-order valence-corrected chi connectivity index (χ0v) is 18.5. The molecule has 0 spiro atoms. The summed E-state index contributed by atoms with van der Waals surface area (Å²) in [5.41, 5.74) is 8.88. The summed E-state index contributed by atoms with van der Waals surface area (Å²) in [6.45, 7) is 9.13. The molecule has 0 unspecified atom stereocenters. The highest BCUT2D eigenvalue weighted by Gasteiger charge is 2.22. The molecular weight excluding hydrogens is 388 g/mol. The number of amides is 1. The third kappa shape index (κ3) is 5.05. The lowest BCUT2D eigenvalue weighted by Crippen LogP contribution is -2.40. The van der Waals surface area contributed by atoms with Crippen LogP contribution in [0.4, 0.5) is 5.82 Å². The van der Waals surface area contributed by atoms with E-state index < -0.39 is 0 Å². The van der Waals surface area contributed by atoms with E-state index in [4.69, 9.17) is 5.73 Å². The van der Waals surface area contributed by atoms with Gasteiger partial charge in [0.05, 0.1) is 11.9 Å². The van der Waals surface area contributed by atoms with E-state index in [0.717, 1.165) is 62.4 Å². The Morgan fingerprint density at radius 1 is 1.16 bits per heavy atom. The van der Waals surface area contributed by atoms with Gasteiger partial charge in [0.1, 0.15) is 17.8 Å². The van der Waals surface area contributed by atoms with Gasteiger partial charge in [-0.25, -0.2) is 9.97 Å². The minimum absolute atomic E-state index is 0.245. The van der Waals surface area contributed by atoms with Gasteiger partial charge < -0.3 is 15.2 Å². The van der Waals surface area contributed by atoms with Crippen LogP contribution in [0.3, 0.4) is 0 Å². The summed E-state index contributed by atoms with van der Waals surface area (Å²) in [7, 11) is 0. The van der Waals surface area contributed by atoms with Gasteiger partial charge in [-0.2, -0.15) is 0 Å². The molecule has 3 heterocycles. The molecular formula is C24H32N6O. The number of primary amides is 1. The van der Waals surface area contributed by atoms with Crippen molar-refractivity contribution in [3.63, 3.8) is 0 Å². The largest absolute Gasteiger partial charge is 0.369 e. The lowest BCUT2D eigenvalue weighted by molar-refractivity contribution is -0.119. The van der Waals surface area contributed by atoms with Crippen LogP contribution in [-0.4, -0.2) is 51.5 Å². The van der Waals surface area contributed by atoms with Crippen LogP contribution in [0.1, 0.15) is 30.9 Å². The second-order valence-corrected chi connectivity index (χ2v) is 8.59. The predicted molar refractivity (Wildman–Crippen MR) is 124 cm³/mol. The maximum Gasteiger partial charge on any atom is 0.231 e. The fourth-order valence-electron chi connectivity index (χ4n) is 4.47. The molecule has 164 valence electrons. The number of piperidine rings is 1. The van der Waals surface area contributed by atoms with Crippen LogP contribution < -0.4 is 10.6 Å². The van der Waals surface area contributed by atoms with Crippen molar-refractivity contribution in [1.29, 1.82) is 0 Å². The Morgan fingerprint density at radius 3 is 2.58 bits per heavy atom. The normalized spacial score (nSPS) is 15.4. The number of carbonyl (C=O) groups excluding carboxylic acids is 1. The molecule has 7 heteroatoms. The first-order valence-electron chi connectivity index (χ1n) is 11.1. The van der Waals surface area contributed by atoms with Gasteiger partial charge in [-0.15, -0.1) is 0 Å². The van der Waals surface area contributed by atoms with Crippen molar-refractivity contribution in [1.82, 2.24) is 19.4 Å². The molecule has 1 aliphatic heterocycles. The van der Waals surface area contributed by atoms with Crippen LogP contribution >= 0.6 is 0 Å². The van der Waals surface area contributed by atoms with E-state index in [1.807, 2.05) is 0 Å². The first-order chi connectivity index (χ1) is 15.0. The van der Waals surface area contributed by atoms with Crippen molar-refractivity contribution in [2.75, 3.05) is 31.1 Å². The minimum atomic E-state index is -0.245. The number of nitrogens with two attached hydrogens (primary N) is 1. The molecule has 2 N–H and O–H groups in total. The molecule has 1 fully saturated rings. The van der Waals surface area contributed by atoms with Gasteiger partial charge in [0.25, 0.3) is 0 Å². The number of aryl methyl sites for hydroxylation is 1. The highest BCUT2D eigenvalue weighted by molar-refractivity contribution is 5.87. The Labute approximate surface area is 183 Å². The molecule has 7 nitrogen and oxygen atoms in total. The Balaban J connectivity index is 1.48. The zero-order chi connectivity index (χ0) is 21.8. The van der Waals surface area contributed by atoms with Gasteiger partial charge in [-0.1, -0.05) is 29.8 Å². The zero-order valence-electron chi connectivity index (χ0n) is 18.5. The molecule has 1 amide bonds. The molecule has 2 aromatic heterocycles. The Morgan fingerprint density at radius 2 is 1.90 bits per heavy atom. The summed E-state index contributed by atoms with van der Waals surface area (Å²) in [6, 6.07) is 10.8. The van der Waals surface area contributed by atoms with Crippen LogP contribution in [-0.2, 0) is 17.9 Å². The second kappa shape index (κ2) is 9.47. The van der Waals surface area contributed by atoms with Crippen LogP contribution in [0.2, 0.25) is 0 Å². The van der Waals surface area contributed by atoms with Crippen molar-refractivity contribution >= 4 is 22.8 Å². The second-order valence-electron chi connectivity index (χ2n) is 8.59. The number of anilines is 1. The Hall–Kier alpha value is -2.93. The van der Waals surface area contributed by atoms with Crippen molar-refractivity contribution < 1.29 is 4.79 Å². The van der Waals surface area contributed by atoms with E-state index in [0.29, 0.717) is 12.5 Å². The quantitative estimate of drug-likeness (QED) is 0.606. The van der Waals surface area contributed by atoms with Crippen molar-refractivity contribution in [3.05, 3.63) is 54.0 Å². The number of carbonyl (C=O) groups is 1. The molecule has 0 atom stereocenters. The molecule has 0 aliphatic carbocycles. The van der Waals surface area contributed by atoms with E-state index in [2.05, 4.69) is 74.7 Å². The standard InChI is InChI=1S/C24H32N6O/c1-3-29(14-19-6-4-18(2)5-7-19)23-21-10-13-30(24(21)27-17-26-23)15-20-8-11-28(12-9-20)16-22(25)31/h4-7,10,13,17,20H,3,8-9,11-12,14-16H2,1-2H3,(H2,25,31). The molecule has 1 saturated heterocycles. The van der Waals surface area contributed by atoms with E-state index in [1.165, 1.54) is 11.1 Å². The van der Waals surface area contributed by atoms with Crippen LogP contribution in [0.5, 0.6) is 0 Å². The van der Waals surface area contributed by atoms with Gasteiger partial charge >= 0.3 is 0 Å². The smallest absolute Gasteiger partial charge is 0.231 e. The number of rotatable bonds is 8. The molecule has 1 aliphatic rings. The molecule has 0 saturated carbocycles. The molecule has 0 bridgehead atoms. The number of likely N-dealkylation sites (tertiary alicyclic amines) is 1. The summed E-state index contributed by atoms with van der Waals surface area (Å²) in [5.74, 6) is 1.32. The summed E-state index contributed by atoms with van der Waals surface area (Å²) < 4.78 is 2.26. The summed E-state index contributed by atoms with van der Waals surface area (Å²) in [6.07, 6.45) is 5.96. The van der Waals surface area contributed by atoms with E-state index in [-0.39, 0.29) is 5.91 Å². The van der Waals surface area contributed by atoms with Gasteiger partial charge in [-0.05, 0) is 57.3 Å². The number of aromatic nitrogens is 3. The van der Waals surface area contributed by atoms with Crippen LogP contribution in [0.15, 0.2) is 42.9 Å². The highest BCUT2D eigenvalue weighted by Crippen LogP contribution is 2.27. The van der Waals surface area contributed by atoms with Gasteiger partial charge in [0, 0.05) is 25.8 Å². The molecule has 31 heavy (non-hydrogen) atoms. The first kappa shape index (κ1) is 21.3. The lowest BCUT2D eigenvalue weighted by atomic mass is 9.96. The topological polar surface area (TPSA) is 80.3 Å². The monoisotopic (exact) mass is 420 g/mol. The summed E-state index contributed by atoms with van der Waals surface area (Å²) in [4.78, 5) is 24.9. The van der Waals surface area contributed by atoms with Crippen molar-refractivity contribution in [2.45, 2.75) is 39.8 Å². The van der Waals surface area contributed by atoms with E-state index >= 15 is 0 Å². The maximum absolute atomic E-state index is 11.2. The fourth-order valence-corrected chi connectivity index (χ4v) is 4.47. The summed E-state index contributed by atoms with van der Waals surface area (Å²) in [5, 5.41) is 1.10. The predicted octanol–water partition coefficient (Wildman–Crippen LogP) is 2.96. The van der Waals surface area contributed by atoms with E-state index in [9.17, 15) is 4.79 Å². The van der Waals surface area contributed by atoms with Crippen LogP contribution in [0.25, 0.3) is 11.0 Å². The molecule has 4 rings (SSSR count). The number of benzene rings is 1. The Bertz CT molecular complexity index is 1020. The SMILES string of the molecule is CCN(Cc1ccc(C)cc1)c1ncnc2c1ccn2CC1CCN(CC(N)=O)CC1. The van der Waals surface area contributed by atoms with Crippen molar-refractivity contribution in [3.8, 4) is 0 Å². The minimum Gasteiger partial charge on any atom is -0.369 e. The van der Waals surface area contributed by atoms with Crippen LogP contribution in [0, 0.1) is 12.8 Å². The molecule has 3 aromatic rings. The average Bonchev–Trinajstić information content (AvgIpc) is 3.17. The van der Waals surface area contributed by atoms with Gasteiger partial charge in [-0.3, -0.25) is 9.69 Å². The first-order valence-corrected chi connectivity index (χ1v) is 11.1. The lowest BCUT2D eigenvalue weighted by Gasteiger charge is -2.31. The van der Waals surface area contributed by atoms with Gasteiger partial charge in [0.2, 0.25) is 5.91 Å². The number of nitrogens with zero attached hydrogens (tertiary/aromatic N) is 5. The highest BCUT2D eigenvalue weighted by atomic mass is 16.1. The van der Waals surface area contributed by atoms with Crippen molar-refractivity contribution in [2.24, 2.45) is 11.7 Å². The summed E-state index contributed by atoms with van der Waals surface area (Å²) >= 11 is 0. The molecule has 0 radical (unpaired) electrons. The Kier molecular flexibility index (Phi) is 6.51. The fraction of sp³-hybridized carbons (Fsp3) is 0.458. The number of hydrogen-bond donors (Lipinski definition) is 1. The third-order valence-corrected chi connectivity index (χ3v) is 6.25. The maximum atomic E-state index is 11.2.